The number of pyridine rings is 1. The van der Waals surface area contributed by atoms with Gasteiger partial charge < -0.3 is 9.51 Å². The van der Waals surface area contributed by atoms with Crippen molar-refractivity contribution >= 4 is 23.3 Å². The molecule has 2 aromatic heterocycles. The summed E-state index contributed by atoms with van der Waals surface area (Å²) in [4.78, 5) is 38.2. The van der Waals surface area contributed by atoms with Gasteiger partial charge in [-0.2, -0.15) is 0 Å². The molecule has 102 valence electrons. The lowest BCUT2D eigenvalue weighted by atomic mass is 9.94. The van der Waals surface area contributed by atoms with Crippen molar-refractivity contribution in [1.29, 1.82) is 0 Å². The summed E-state index contributed by atoms with van der Waals surface area (Å²) >= 11 is 0. The van der Waals surface area contributed by atoms with E-state index in [0.29, 0.717) is 17.6 Å². The Bertz CT molecular complexity index is 734. The van der Waals surface area contributed by atoms with E-state index in [1.54, 1.807) is 10.6 Å². The Kier molecular flexibility index (Phi) is 2.74. The van der Waals surface area contributed by atoms with Gasteiger partial charge in [0.2, 0.25) is 11.8 Å². The average molecular weight is 273 g/mol. The Morgan fingerprint density at radius 2 is 2.25 bits per heavy atom. The van der Waals surface area contributed by atoms with E-state index in [2.05, 4.69) is 10.3 Å². The predicted octanol–water partition coefficient (Wildman–Crippen LogP) is 0.553. The number of nitrogens with one attached hydrogen (secondary N) is 1. The van der Waals surface area contributed by atoms with Gasteiger partial charge in [0.15, 0.2) is 0 Å². The molecule has 0 bridgehead atoms. The van der Waals surface area contributed by atoms with Gasteiger partial charge in [-0.25, -0.2) is 9.78 Å². The summed E-state index contributed by atoms with van der Waals surface area (Å²) in [6.45, 7) is 0. The molecular weight excluding hydrogens is 262 g/mol. The van der Waals surface area contributed by atoms with Gasteiger partial charge in [-0.05, 0) is 18.6 Å². The molecule has 2 amide bonds. The monoisotopic (exact) mass is 273 g/mol. The van der Waals surface area contributed by atoms with Crippen LogP contribution >= 0.6 is 0 Å². The van der Waals surface area contributed by atoms with Crippen LogP contribution in [0.4, 0.5) is 0 Å². The minimum Gasteiger partial charge on any atom is -0.478 e. The van der Waals surface area contributed by atoms with Crippen molar-refractivity contribution in [3.63, 3.8) is 0 Å². The second kappa shape index (κ2) is 4.44. The first kappa shape index (κ1) is 12.3. The molecule has 2 aromatic rings. The Hall–Kier alpha value is -2.70. The van der Waals surface area contributed by atoms with Gasteiger partial charge >= 0.3 is 5.97 Å². The van der Waals surface area contributed by atoms with Crippen molar-refractivity contribution < 1.29 is 19.5 Å². The molecule has 7 heteroatoms. The van der Waals surface area contributed by atoms with E-state index in [-0.39, 0.29) is 23.8 Å². The van der Waals surface area contributed by atoms with Crippen LogP contribution in [0, 0.1) is 0 Å². The highest BCUT2D eigenvalue weighted by Gasteiger charge is 2.30. The van der Waals surface area contributed by atoms with E-state index in [1.807, 2.05) is 0 Å². The van der Waals surface area contributed by atoms with Gasteiger partial charge in [0.25, 0.3) is 0 Å². The minimum absolute atomic E-state index is 0.131. The van der Waals surface area contributed by atoms with Gasteiger partial charge in [-0.15, -0.1) is 0 Å². The van der Waals surface area contributed by atoms with Gasteiger partial charge in [-0.3, -0.25) is 14.9 Å². The Balaban J connectivity index is 2.07. The molecule has 1 aliphatic heterocycles. The van der Waals surface area contributed by atoms with Crippen molar-refractivity contribution in [1.82, 2.24) is 14.7 Å². The molecule has 0 spiro atoms. The highest BCUT2D eigenvalue weighted by atomic mass is 16.4. The molecule has 3 heterocycles. The fraction of sp³-hybridized carbons (Fsp3) is 0.231. The summed E-state index contributed by atoms with van der Waals surface area (Å²) in [5, 5.41) is 11.3. The first-order chi connectivity index (χ1) is 9.56. The zero-order valence-electron chi connectivity index (χ0n) is 10.4. The van der Waals surface area contributed by atoms with Crippen LogP contribution in [-0.2, 0) is 9.59 Å². The number of imide groups is 1. The average Bonchev–Trinajstić information content (AvgIpc) is 2.81. The molecule has 20 heavy (non-hydrogen) atoms. The number of piperidine rings is 1. The van der Waals surface area contributed by atoms with Crippen LogP contribution in [-0.4, -0.2) is 32.3 Å². The maximum atomic E-state index is 11.9. The molecule has 0 aliphatic carbocycles. The quantitative estimate of drug-likeness (QED) is 0.778. The number of carbonyl (C=O) groups excluding carboxylic acids is 2. The summed E-state index contributed by atoms with van der Waals surface area (Å²) in [5.74, 6) is -2.24. The maximum Gasteiger partial charge on any atom is 0.335 e. The molecule has 1 fully saturated rings. The third kappa shape index (κ3) is 1.93. The molecule has 0 aromatic carbocycles. The number of hydrogen-bond acceptors (Lipinski definition) is 4. The van der Waals surface area contributed by atoms with E-state index in [0.717, 1.165) is 0 Å². The molecule has 1 saturated heterocycles. The Morgan fingerprint density at radius 3 is 2.95 bits per heavy atom. The fourth-order valence-corrected chi connectivity index (χ4v) is 2.36. The van der Waals surface area contributed by atoms with Crippen molar-refractivity contribution in [2.45, 2.75) is 18.8 Å². The van der Waals surface area contributed by atoms with Gasteiger partial charge in [0.1, 0.15) is 0 Å². The lowest BCUT2D eigenvalue weighted by Crippen LogP contribution is -2.39. The molecule has 0 radical (unpaired) electrons. The zero-order chi connectivity index (χ0) is 14.3. The lowest BCUT2D eigenvalue weighted by molar-refractivity contribution is -0.134. The fourth-order valence-electron chi connectivity index (χ4n) is 2.36. The van der Waals surface area contributed by atoms with Crippen molar-refractivity contribution in [3.05, 3.63) is 35.9 Å². The predicted molar refractivity (Wildman–Crippen MR) is 67.3 cm³/mol. The molecule has 1 atom stereocenters. The summed E-state index contributed by atoms with van der Waals surface area (Å²) in [5.41, 5.74) is 1.20. The number of carboxylic acids is 1. The van der Waals surface area contributed by atoms with Crippen LogP contribution in [0.5, 0.6) is 0 Å². The smallest absolute Gasteiger partial charge is 0.335 e. The molecule has 1 unspecified atom stereocenters. The number of nitrogens with zero attached hydrogens (tertiary/aromatic N) is 2. The maximum absolute atomic E-state index is 11.9. The molecule has 0 saturated carbocycles. The molecule has 1 aliphatic rings. The lowest BCUT2D eigenvalue weighted by Gasteiger charge is -2.19. The van der Waals surface area contributed by atoms with E-state index in [9.17, 15) is 14.4 Å². The largest absolute Gasteiger partial charge is 0.478 e. The highest BCUT2D eigenvalue weighted by Crippen LogP contribution is 2.27. The molecule has 2 N–H and O–H groups in total. The number of carboxylic acid groups (broad SMARTS) is 1. The number of imidazole rings is 1. The highest BCUT2D eigenvalue weighted by molar-refractivity contribution is 6.01. The first-order valence-corrected chi connectivity index (χ1v) is 6.10. The summed E-state index contributed by atoms with van der Waals surface area (Å²) in [6.07, 6.45) is 3.75. The minimum atomic E-state index is -1.04. The van der Waals surface area contributed by atoms with Crippen molar-refractivity contribution in [3.8, 4) is 0 Å². The van der Waals surface area contributed by atoms with Crippen LogP contribution in [0.3, 0.4) is 0 Å². The zero-order valence-corrected chi connectivity index (χ0v) is 10.4. The number of carbonyl (C=O) groups is 3. The number of rotatable bonds is 2. The first-order valence-electron chi connectivity index (χ1n) is 6.10. The molecule has 3 rings (SSSR count). The second-order valence-corrected chi connectivity index (χ2v) is 4.65. The Morgan fingerprint density at radius 1 is 1.45 bits per heavy atom. The van der Waals surface area contributed by atoms with Gasteiger partial charge in [0.05, 0.1) is 29.0 Å². The second-order valence-electron chi connectivity index (χ2n) is 4.65. The molecule has 7 nitrogen and oxygen atoms in total. The molecular formula is C13H11N3O4. The number of fused-ring (bicyclic) bond motifs is 1. The van der Waals surface area contributed by atoms with E-state index >= 15 is 0 Å². The van der Waals surface area contributed by atoms with Gasteiger partial charge in [-0.1, -0.05) is 0 Å². The van der Waals surface area contributed by atoms with Crippen LogP contribution in [0.15, 0.2) is 24.7 Å². The standard InChI is InChI=1S/C13H11N3O4/c17-10-2-1-8(12(18)15-10)11-9-5-7(13(19)20)3-4-16(9)6-14-11/h3-6,8H,1-2H2,(H,19,20)(H,15,17,18). The summed E-state index contributed by atoms with van der Waals surface area (Å²) in [7, 11) is 0. The number of aromatic carboxylic acids is 1. The normalized spacial score (nSPS) is 19.1. The van der Waals surface area contributed by atoms with E-state index in [4.69, 9.17) is 5.11 Å². The summed E-state index contributed by atoms with van der Waals surface area (Å²) in [6, 6.07) is 2.94. The number of hydrogen-bond donors (Lipinski definition) is 2. The van der Waals surface area contributed by atoms with Crippen molar-refractivity contribution in [2.75, 3.05) is 0 Å². The number of aromatic nitrogens is 2. The van der Waals surface area contributed by atoms with Gasteiger partial charge in [0, 0.05) is 12.6 Å². The van der Waals surface area contributed by atoms with E-state index in [1.165, 1.54) is 18.5 Å². The van der Waals surface area contributed by atoms with Crippen molar-refractivity contribution in [2.24, 2.45) is 0 Å². The van der Waals surface area contributed by atoms with E-state index < -0.39 is 11.9 Å². The van der Waals surface area contributed by atoms with Crippen LogP contribution in [0.2, 0.25) is 0 Å². The van der Waals surface area contributed by atoms with Crippen LogP contribution in [0.1, 0.15) is 34.8 Å². The third-order valence-electron chi connectivity index (χ3n) is 3.38. The SMILES string of the molecule is O=C1CCC(c2ncn3ccc(C(=O)O)cc23)C(=O)N1. The third-order valence-corrected chi connectivity index (χ3v) is 3.38. The topological polar surface area (TPSA) is 101 Å². The van der Waals surface area contributed by atoms with Crippen LogP contribution in [0.25, 0.3) is 5.52 Å². The summed E-state index contributed by atoms with van der Waals surface area (Å²) < 4.78 is 1.66. The number of amides is 2. The van der Waals surface area contributed by atoms with Crippen LogP contribution < -0.4 is 5.32 Å². The Labute approximate surface area is 113 Å².